The first-order valence-electron chi connectivity index (χ1n) is 11.3. The number of hydrogen-bond acceptors (Lipinski definition) is 9. The molecule has 0 unspecified atom stereocenters. The molecule has 35 heavy (non-hydrogen) atoms. The van der Waals surface area contributed by atoms with Crippen molar-refractivity contribution in [2.45, 2.75) is 32.1 Å². The summed E-state index contributed by atoms with van der Waals surface area (Å²) in [7, 11) is 0. The number of pyridine rings is 2. The summed E-state index contributed by atoms with van der Waals surface area (Å²) < 4.78 is 17.7. The van der Waals surface area contributed by atoms with Gasteiger partial charge in [0.05, 0.1) is 35.6 Å². The van der Waals surface area contributed by atoms with E-state index in [2.05, 4.69) is 5.32 Å². The number of aliphatic hydroxyl groups is 1. The van der Waals surface area contributed by atoms with Crippen LogP contribution in [0.3, 0.4) is 0 Å². The number of aryl methyl sites for hydroxylation is 1. The van der Waals surface area contributed by atoms with E-state index in [-0.39, 0.29) is 42.5 Å². The number of ether oxygens (including phenoxy) is 3. The monoisotopic (exact) mass is 478 g/mol. The van der Waals surface area contributed by atoms with Crippen LogP contribution in [0, 0.1) is 0 Å². The number of amides is 1. The van der Waals surface area contributed by atoms with Crippen LogP contribution in [0.1, 0.15) is 34.8 Å². The van der Waals surface area contributed by atoms with Crippen molar-refractivity contribution in [2.75, 3.05) is 19.9 Å². The molecule has 3 aromatic rings. The first-order chi connectivity index (χ1) is 17.0. The number of esters is 1. The standard InChI is InChI=1S/C24H22N4O7/c25-7-20(29)26-3-1-2-11-12-5-18-19(35-10-34-18)6-16(12)27-21-14(11)8-28-17(21)4-13-15(23(28)31)9-33-24(32)22(13)30/h4-6,22,30H,1-3,7-10,25H2,(H,26,29)/t22-/m0/s1. The predicted molar refractivity (Wildman–Crippen MR) is 122 cm³/mol. The zero-order valence-corrected chi connectivity index (χ0v) is 18.6. The van der Waals surface area contributed by atoms with E-state index in [0.717, 1.165) is 16.5 Å². The van der Waals surface area contributed by atoms with Crippen LogP contribution in [0.25, 0.3) is 22.3 Å². The lowest BCUT2D eigenvalue weighted by atomic mass is 9.95. The third-order valence-electron chi connectivity index (χ3n) is 6.68. The van der Waals surface area contributed by atoms with Gasteiger partial charge in [-0.2, -0.15) is 0 Å². The molecule has 3 aliphatic heterocycles. The van der Waals surface area contributed by atoms with Gasteiger partial charge in [-0.15, -0.1) is 0 Å². The molecule has 1 atom stereocenters. The Morgan fingerprint density at radius 1 is 1.17 bits per heavy atom. The molecule has 11 nitrogen and oxygen atoms in total. The van der Waals surface area contributed by atoms with E-state index in [1.54, 1.807) is 10.6 Å². The fourth-order valence-corrected chi connectivity index (χ4v) is 4.95. The molecular weight excluding hydrogens is 456 g/mol. The number of rotatable bonds is 5. The summed E-state index contributed by atoms with van der Waals surface area (Å²) in [6.07, 6.45) is -0.256. The number of aromatic nitrogens is 2. The largest absolute Gasteiger partial charge is 0.458 e. The third-order valence-corrected chi connectivity index (χ3v) is 6.68. The molecule has 180 valence electrons. The molecule has 0 fully saturated rings. The van der Waals surface area contributed by atoms with Crippen LogP contribution in [0.5, 0.6) is 11.5 Å². The minimum Gasteiger partial charge on any atom is -0.458 e. The maximum absolute atomic E-state index is 13.3. The van der Waals surface area contributed by atoms with Crippen LogP contribution in [0.4, 0.5) is 0 Å². The fraction of sp³-hybridized carbons (Fsp3) is 0.333. The molecule has 0 saturated carbocycles. The van der Waals surface area contributed by atoms with Gasteiger partial charge in [-0.05, 0) is 30.5 Å². The van der Waals surface area contributed by atoms with Crippen LogP contribution < -0.4 is 26.1 Å². The van der Waals surface area contributed by atoms with E-state index in [0.29, 0.717) is 54.3 Å². The molecule has 6 rings (SSSR count). The number of nitrogens with one attached hydrogen (secondary N) is 1. The lowest BCUT2D eigenvalue weighted by Crippen LogP contribution is -2.32. The van der Waals surface area contributed by atoms with Crippen LogP contribution in [0.2, 0.25) is 0 Å². The number of carbonyl (C=O) groups excluding carboxylic acids is 2. The van der Waals surface area contributed by atoms with Gasteiger partial charge in [0, 0.05) is 29.1 Å². The second-order valence-electron chi connectivity index (χ2n) is 8.66. The first kappa shape index (κ1) is 21.6. The number of benzene rings is 1. The molecule has 11 heteroatoms. The zero-order valence-electron chi connectivity index (χ0n) is 18.6. The van der Waals surface area contributed by atoms with Crippen molar-refractivity contribution in [1.82, 2.24) is 14.9 Å². The van der Waals surface area contributed by atoms with E-state index in [1.165, 1.54) is 0 Å². The summed E-state index contributed by atoms with van der Waals surface area (Å²) in [6, 6.07) is 5.36. The molecule has 3 aliphatic rings. The fourth-order valence-electron chi connectivity index (χ4n) is 4.95. The van der Waals surface area contributed by atoms with Crippen molar-refractivity contribution in [2.24, 2.45) is 5.73 Å². The summed E-state index contributed by atoms with van der Waals surface area (Å²) in [4.78, 5) is 41.6. The van der Waals surface area contributed by atoms with Crippen LogP contribution in [0.15, 0.2) is 23.0 Å². The van der Waals surface area contributed by atoms with Crippen molar-refractivity contribution in [3.05, 3.63) is 50.8 Å². The number of carbonyl (C=O) groups is 2. The van der Waals surface area contributed by atoms with E-state index >= 15 is 0 Å². The Morgan fingerprint density at radius 2 is 1.97 bits per heavy atom. The van der Waals surface area contributed by atoms with Gasteiger partial charge in [0.2, 0.25) is 12.7 Å². The van der Waals surface area contributed by atoms with Gasteiger partial charge < -0.3 is 34.9 Å². The second kappa shape index (κ2) is 8.07. The normalized spacial score (nSPS) is 17.1. The van der Waals surface area contributed by atoms with E-state index in [1.807, 2.05) is 12.1 Å². The highest BCUT2D eigenvalue weighted by molar-refractivity contribution is 5.91. The smallest absolute Gasteiger partial charge is 0.340 e. The zero-order chi connectivity index (χ0) is 24.3. The highest BCUT2D eigenvalue weighted by Gasteiger charge is 2.35. The Balaban J connectivity index is 1.49. The molecular formula is C24H22N4O7. The number of cyclic esters (lactones) is 1. The molecule has 2 aromatic heterocycles. The third kappa shape index (κ3) is 3.34. The van der Waals surface area contributed by atoms with Crippen molar-refractivity contribution >= 4 is 22.8 Å². The average molecular weight is 478 g/mol. The Hall–Kier alpha value is -3.96. The molecule has 5 heterocycles. The average Bonchev–Trinajstić information content (AvgIpc) is 3.46. The molecule has 1 amide bonds. The van der Waals surface area contributed by atoms with Crippen LogP contribution in [-0.4, -0.2) is 46.4 Å². The summed E-state index contributed by atoms with van der Waals surface area (Å²) in [6.45, 7) is 0.627. The van der Waals surface area contributed by atoms with Crippen molar-refractivity contribution in [3.63, 3.8) is 0 Å². The van der Waals surface area contributed by atoms with Gasteiger partial charge in [-0.3, -0.25) is 9.59 Å². The summed E-state index contributed by atoms with van der Waals surface area (Å²) >= 11 is 0. The van der Waals surface area contributed by atoms with Crippen molar-refractivity contribution in [3.8, 4) is 22.9 Å². The number of aliphatic hydroxyl groups excluding tert-OH is 1. The molecule has 0 bridgehead atoms. The van der Waals surface area contributed by atoms with Gasteiger partial charge in [-0.25, -0.2) is 9.78 Å². The minimum absolute atomic E-state index is 0.0714. The molecule has 0 aliphatic carbocycles. The van der Waals surface area contributed by atoms with Gasteiger partial charge in [0.25, 0.3) is 5.56 Å². The van der Waals surface area contributed by atoms with Gasteiger partial charge in [-0.1, -0.05) is 0 Å². The Bertz CT molecular complexity index is 1480. The summed E-state index contributed by atoms with van der Waals surface area (Å²) in [5.41, 5.74) is 9.26. The van der Waals surface area contributed by atoms with Gasteiger partial charge in [0.1, 0.15) is 6.61 Å². The molecule has 4 N–H and O–H groups in total. The second-order valence-corrected chi connectivity index (χ2v) is 8.66. The van der Waals surface area contributed by atoms with E-state index in [9.17, 15) is 19.5 Å². The van der Waals surface area contributed by atoms with Crippen molar-refractivity contribution in [1.29, 1.82) is 0 Å². The maximum atomic E-state index is 13.3. The van der Waals surface area contributed by atoms with Crippen LogP contribution >= 0.6 is 0 Å². The van der Waals surface area contributed by atoms with Crippen LogP contribution in [-0.2, 0) is 33.9 Å². The Morgan fingerprint density at radius 3 is 2.77 bits per heavy atom. The van der Waals surface area contributed by atoms with E-state index < -0.39 is 12.1 Å². The summed E-state index contributed by atoms with van der Waals surface area (Å²) in [5.74, 6) is 0.210. The quantitative estimate of drug-likeness (QED) is 0.270. The van der Waals surface area contributed by atoms with Gasteiger partial charge in [0.15, 0.2) is 17.6 Å². The molecule has 0 radical (unpaired) electrons. The number of fused-ring (bicyclic) bond motifs is 6. The number of hydrogen-bond donors (Lipinski definition) is 3. The molecule has 1 aromatic carbocycles. The topological polar surface area (TPSA) is 155 Å². The number of nitrogens with two attached hydrogens (primary N) is 1. The number of nitrogens with zero attached hydrogens (tertiary/aromatic N) is 2. The summed E-state index contributed by atoms with van der Waals surface area (Å²) in [5, 5.41) is 14.0. The highest BCUT2D eigenvalue weighted by atomic mass is 16.7. The van der Waals surface area contributed by atoms with Crippen molar-refractivity contribution < 1.29 is 28.9 Å². The lowest BCUT2D eigenvalue weighted by molar-refractivity contribution is -0.157. The molecule has 0 spiro atoms. The highest BCUT2D eigenvalue weighted by Crippen LogP contribution is 2.42. The Kier molecular flexibility index (Phi) is 4.97. The SMILES string of the molecule is NCC(=O)NCCCc1c2c(nc3cc4c(cc13)OCO4)-c1cc3c(c(=O)n1C2)COC(=O)[C@H]3O. The maximum Gasteiger partial charge on any atom is 0.340 e. The predicted octanol–water partition coefficient (Wildman–Crippen LogP) is 0.252. The lowest BCUT2D eigenvalue weighted by Gasteiger charge is -2.21. The first-order valence-corrected chi connectivity index (χ1v) is 11.3. The minimum atomic E-state index is -1.51. The van der Waals surface area contributed by atoms with Gasteiger partial charge >= 0.3 is 5.97 Å². The molecule has 0 saturated heterocycles. The van der Waals surface area contributed by atoms with E-state index in [4.69, 9.17) is 24.9 Å². The Labute approximate surface area is 198 Å².